The van der Waals surface area contributed by atoms with Gasteiger partial charge in [-0.05, 0) is 6.42 Å². The molecular formula is C8H15ClN2O. The van der Waals surface area contributed by atoms with E-state index in [1.165, 1.54) is 12.8 Å². The maximum atomic E-state index is 8.70. The Morgan fingerprint density at radius 2 is 2.33 bits per heavy atom. The van der Waals surface area contributed by atoms with Crippen LogP contribution >= 0.6 is 12.4 Å². The highest BCUT2D eigenvalue weighted by Gasteiger charge is 1.94. The number of aromatic nitrogens is 2. The molecule has 0 saturated carbocycles. The van der Waals surface area contributed by atoms with Crippen LogP contribution in [-0.2, 0) is 13.2 Å². The molecule has 70 valence electrons. The molecular weight excluding hydrogens is 176 g/mol. The van der Waals surface area contributed by atoms with Crippen molar-refractivity contribution in [3.8, 4) is 0 Å². The lowest BCUT2D eigenvalue weighted by Gasteiger charge is -1.97. The molecule has 0 aromatic carbocycles. The molecule has 0 fully saturated rings. The normalized spacial score (nSPS) is 9.50. The summed E-state index contributed by atoms with van der Waals surface area (Å²) < 4.78 is 2.01. The summed E-state index contributed by atoms with van der Waals surface area (Å²) in [7, 11) is 0. The van der Waals surface area contributed by atoms with Crippen LogP contribution in [0, 0.1) is 0 Å². The highest BCUT2D eigenvalue weighted by Crippen LogP contribution is 1.98. The molecule has 0 aliphatic rings. The molecule has 1 heterocycles. The number of imidazole rings is 1. The van der Waals surface area contributed by atoms with Gasteiger partial charge >= 0.3 is 0 Å². The highest BCUT2D eigenvalue weighted by atomic mass is 35.5. The van der Waals surface area contributed by atoms with Crippen molar-refractivity contribution in [3.05, 3.63) is 18.2 Å². The van der Waals surface area contributed by atoms with Crippen LogP contribution in [0.5, 0.6) is 0 Å². The van der Waals surface area contributed by atoms with E-state index >= 15 is 0 Å². The predicted octanol–water partition coefficient (Wildman–Crippen LogP) is 1.60. The van der Waals surface area contributed by atoms with Gasteiger partial charge in [-0.2, -0.15) is 0 Å². The van der Waals surface area contributed by atoms with Crippen molar-refractivity contribution >= 4 is 12.4 Å². The van der Waals surface area contributed by atoms with Gasteiger partial charge in [-0.1, -0.05) is 13.3 Å². The number of hydrogen-bond donors (Lipinski definition) is 1. The third-order valence-corrected chi connectivity index (χ3v) is 1.62. The van der Waals surface area contributed by atoms with Crippen LogP contribution in [0.3, 0.4) is 0 Å². The van der Waals surface area contributed by atoms with Crippen molar-refractivity contribution < 1.29 is 5.11 Å². The fraction of sp³-hybridized carbons (Fsp3) is 0.625. The van der Waals surface area contributed by atoms with Gasteiger partial charge in [0, 0.05) is 12.7 Å². The molecule has 0 atom stereocenters. The molecule has 1 rings (SSSR count). The number of hydrogen-bond acceptors (Lipinski definition) is 2. The minimum Gasteiger partial charge on any atom is -0.390 e. The van der Waals surface area contributed by atoms with Gasteiger partial charge in [-0.3, -0.25) is 0 Å². The van der Waals surface area contributed by atoms with Crippen LogP contribution in [0.1, 0.15) is 25.5 Å². The van der Waals surface area contributed by atoms with E-state index < -0.39 is 0 Å². The Labute approximate surface area is 78.8 Å². The summed E-state index contributed by atoms with van der Waals surface area (Å²) in [5, 5.41) is 8.70. The van der Waals surface area contributed by atoms with E-state index in [0.717, 1.165) is 12.2 Å². The molecule has 0 saturated heterocycles. The highest BCUT2D eigenvalue weighted by molar-refractivity contribution is 5.85. The smallest absolute Gasteiger partial charge is 0.0950 e. The number of halogens is 1. The van der Waals surface area contributed by atoms with Gasteiger partial charge in [0.25, 0.3) is 0 Å². The quantitative estimate of drug-likeness (QED) is 0.783. The SMILES string of the molecule is CCCCn1cnc(CO)c1.Cl. The Morgan fingerprint density at radius 1 is 1.58 bits per heavy atom. The summed E-state index contributed by atoms with van der Waals surface area (Å²) in [6.45, 7) is 3.20. The maximum Gasteiger partial charge on any atom is 0.0950 e. The van der Waals surface area contributed by atoms with Gasteiger partial charge in [-0.25, -0.2) is 4.98 Å². The zero-order valence-corrected chi connectivity index (χ0v) is 8.05. The first-order chi connectivity index (χ1) is 5.36. The molecule has 0 spiro atoms. The largest absolute Gasteiger partial charge is 0.390 e. The maximum absolute atomic E-state index is 8.70. The van der Waals surface area contributed by atoms with Crippen molar-refractivity contribution in [2.45, 2.75) is 32.9 Å². The van der Waals surface area contributed by atoms with Crippen molar-refractivity contribution in [1.82, 2.24) is 9.55 Å². The van der Waals surface area contributed by atoms with E-state index in [-0.39, 0.29) is 19.0 Å². The van der Waals surface area contributed by atoms with Crippen molar-refractivity contribution in [2.75, 3.05) is 0 Å². The van der Waals surface area contributed by atoms with E-state index in [1.54, 1.807) is 6.33 Å². The van der Waals surface area contributed by atoms with Crippen molar-refractivity contribution in [3.63, 3.8) is 0 Å². The fourth-order valence-corrected chi connectivity index (χ4v) is 0.951. The number of aliphatic hydroxyl groups excluding tert-OH is 1. The number of rotatable bonds is 4. The van der Waals surface area contributed by atoms with Crippen LogP contribution < -0.4 is 0 Å². The molecule has 3 nitrogen and oxygen atoms in total. The summed E-state index contributed by atoms with van der Waals surface area (Å²) >= 11 is 0. The van der Waals surface area contributed by atoms with E-state index in [9.17, 15) is 0 Å². The second kappa shape index (κ2) is 6.03. The summed E-state index contributed by atoms with van der Waals surface area (Å²) in [6, 6.07) is 0. The van der Waals surface area contributed by atoms with Gasteiger partial charge in [0.15, 0.2) is 0 Å². The van der Waals surface area contributed by atoms with Gasteiger partial charge in [0.05, 0.1) is 18.6 Å². The molecule has 0 radical (unpaired) electrons. The van der Waals surface area contributed by atoms with Gasteiger partial charge in [0.1, 0.15) is 0 Å². The lowest BCUT2D eigenvalue weighted by Crippen LogP contribution is -1.92. The molecule has 0 unspecified atom stereocenters. The molecule has 12 heavy (non-hydrogen) atoms. The van der Waals surface area contributed by atoms with Crippen LogP contribution in [0.25, 0.3) is 0 Å². The predicted molar refractivity (Wildman–Crippen MR) is 50.3 cm³/mol. The van der Waals surface area contributed by atoms with Crippen molar-refractivity contribution in [2.24, 2.45) is 0 Å². The van der Waals surface area contributed by atoms with Gasteiger partial charge in [0.2, 0.25) is 0 Å². The zero-order valence-electron chi connectivity index (χ0n) is 7.23. The van der Waals surface area contributed by atoms with E-state index in [1.807, 2.05) is 10.8 Å². The monoisotopic (exact) mass is 190 g/mol. The Morgan fingerprint density at radius 3 is 2.83 bits per heavy atom. The first-order valence-electron chi connectivity index (χ1n) is 3.98. The summed E-state index contributed by atoms with van der Waals surface area (Å²) in [5.74, 6) is 0. The molecule has 4 heteroatoms. The topological polar surface area (TPSA) is 38.0 Å². The Kier molecular flexibility index (Phi) is 5.76. The third kappa shape index (κ3) is 3.24. The van der Waals surface area contributed by atoms with E-state index in [4.69, 9.17) is 5.11 Å². The second-order valence-corrected chi connectivity index (χ2v) is 2.61. The minimum atomic E-state index is 0. The number of unbranched alkanes of at least 4 members (excludes halogenated alkanes) is 1. The second-order valence-electron chi connectivity index (χ2n) is 2.61. The first-order valence-corrected chi connectivity index (χ1v) is 3.98. The Balaban J connectivity index is 0.00000121. The molecule has 0 aliphatic heterocycles. The standard InChI is InChI=1S/C8H14N2O.ClH/c1-2-3-4-10-5-8(6-11)9-7-10;/h5,7,11H,2-4,6H2,1H3;1H. The minimum absolute atomic E-state index is 0. The Bertz CT molecular complexity index is 213. The average Bonchev–Trinajstić information content (AvgIpc) is 2.48. The molecule has 1 aromatic heterocycles. The van der Waals surface area contributed by atoms with Gasteiger partial charge in [-0.15, -0.1) is 12.4 Å². The molecule has 0 bridgehead atoms. The van der Waals surface area contributed by atoms with E-state index in [0.29, 0.717) is 0 Å². The zero-order chi connectivity index (χ0) is 8.10. The van der Waals surface area contributed by atoms with E-state index in [2.05, 4.69) is 11.9 Å². The number of aryl methyl sites for hydroxylation is 1. The molecule has 0 amide bonds. The van der Waals surface area contributed by atoms with Crippen molar-refractivity contribution in [1.29, 1.82) is 0 Å². The third-order valence-electron chi connectivity index (χ3n) is 1.62. The van der Waals surface area contributed by atoms with Gasteiger partial charge < -0.3 is 9.67 Å². The van der Waals surface area contributed by atoms with Crippen LogP contribution in [0.4, 0.5) is 0 Å². The summed E-state index contributed by atoms with van der Waals surface area (Å²) in [5.41, 5.74) is 0.751. The van der Waals surface area contributed by atoms with Crippen LogP contribution in [0.15, 0.2) is 12.5 Å². The van der Waals surface area contributed by atoms with Crippen LogP contribution in [-0.4, -0.2) is 14.7 Å². The lowest BCUT2D eigenvalue weighted by atomic mass is 10.3. The van der Waals surface area contributed by atoms with Crippen LogP contribution in [0.2, 0.25) is 0 Å². The summed E-state index contributed by atoms with van der Waals surface area (Å²) in [4.78, 5) is 4.00. The summed E-state index contributed by atoms with van der Waals surface area (Å²) in [6.07, 6.45) is 6.00. The molecule has 1 aromatic rings. The number of nitrogens with zero attached hydrogens (tertiary/aromatic N) is 2. The molecule has 0 aliphatic carbocycles. The molecule has 1 N–H and O–H groups in total. The Hall–Kier alpha value is -0.540. The first kappa shape index (κ1) is 11.5. The average molecular weight is 191 g/mol. The fourth-order valence-electron chi connectivity index (χ4n) is 0.951. The number of aliphatic hydroxyl groups is 1. The lowest BCUT2D eigenvalue weighted by molar-refractivity contribution is 0.277.